The van der Waals surface area contributed by atoms with E-state index in [1.807, 2.05) is 68.4 Å². The predicted octanol–water partition coefficient (Wildman–Crippen LogP) is 5.24. The van der Waals surface area contributed by atoms with Gasteiger partial charge in [-0.05, 0) is 53.9 Å². The van der Waals surface area contributed by atoms with Gasteiger partial charge in [0.15, 0.2) is 0 Å². The van der Waals surface area contributed by atoms with Gasteiger partial charge in [0.1, 0.15) is 0 Å². The number of nitrogens with zero attached hydrogens (tertiary/aromatic N) is 2. The first-order valence-electron chi connectivity index (χ1n) is 8.91. The summed E-state index contributed by atoms with van der Waals surface area (Å²) in [5.41, 5.74) is 3.82. The number of benzene rings is 3. The van der Waals surface area contributed by atoms with Gasteiger partial charge in [0, 0.05) is 11.3 Å². The summed E-state index contributed by atoms with van der Waals surface area (Å²) in [7, 11) is 0. The summed E-state index contributed by atoms with van der Waals surface area (Å²) in [6.07, 6.45) is 0. The van der Waals surface area contributed by atoms with Gasteiger partial charge in [-0.15, -0.1) is 10.2 Å². The van der Waals surface area contributed by atoms with E-state index >= 15 is 0 Å². The third-order valence-electron chi connectivity index (χ3n) is 4.40. The first-order chi connectivity index (χ1) is 13.6. The van der Waals surface area contributed by atoms with Gasteiger partial charge < -0.3 is 9.73 Å². The molecular formula is C22H19N3O2S. The molecule has 0 atom stereocenters. The molecular weight excluding hydrogens is 370 g/mol. The van der Waals surface area contributed by atoms with Gasteiger partial charge in [-0.25, -0.2) is 0 Å². The van der Waals surface area contributed by atoms with E-state index in [-0.39, 0.29) is 11.7 Å². The molecule has 140 valence electrons. The Labute approximate surface area is 167 Å². The van der Waals surface area contributed by atoms with Crippen LogP contribution < -0.4 is 5.32 Å². The number of fused-ring (bicyclic) bond motifs is 1. The van der Waals surface area contributed by atoms with Crippen molar-refractivity contribution < 1.29 is 9.21 Å². The number of rotatable bonds is 5. The maximum atomic E-state index is 12.3. The number of hydrogen-bond donors (Lipinski definition) is 1. The van der Waals surface area contributed by atoms with E-state index in [9.17, 15) is 4.79 Å². The standard InChI is InChI=1S/C22H19N3O2S/c1-14-7-8-15(2)19(11-14)23-20(26)13-28-22-25-24-21(27-22)18-10-9-16-5-3-4-6-17(16)12-18/h3-12H,13H2,1-2H3,(H,23,26). The molecule has 1 amide bonds. The molecule has 0 aliphatic carbocycles. The maximum absolute atomic E-state index is 12.3. The summed E-state index contributed by atoms with van der Waals surface area (Å²) in [5, 5.41) is 13.7. The molecule has 28 heavy (non-hydrogen) atoms. The maximum Gasteiger partial charge on any atom is 0.277 e. The average molecular weight is 389 g/mol. The van der Waals surface area contributed by atoms with E-state index in [0.29, 0.717) is 11.1 Å². The van der Waals surface area contributed by atoms with Gasteiger partial charge in [-0.1, -0.05) is 54.2 Å². The Morgan fingerprint density at radius 3 is 2.68 bits per heavy atom. The van der Waals surface area contributed by atoms with Gasteiger partial charge in [0.05, 0.1) is 5.75 Å². The third-order valence-corrected chi connectivity index (χ3v) is 5.22. The van der Waals surface area contributed by atoms with E-state index in [4.69, 9.17) is 4.42 Å². The van der Waals surface area contributed by atoms with Crippen molar-refractivity contribution in [2.45, 2.75) is 19.1 Å². The Kier molecular flexibility index (Phi) is 5.12. The highest BCUT2D eigenvalue weighted by molar-refractivity contribution is 7.99. The molecule has 0 aliphatic rings. The lowest BCUT2D eigenvalue weighted by Gasteiger charge is -2.08. The second-order valence-electron chi connectivity index (χ2n) is 6.59. The van der Waals surface area contributed by atoms with Crippen molar-refractivity contribution in [1.82, 2.24) is 10.2 Å². The molecule has 5 nitrogen and oxygen atoms in total. The monoisotopic (exact) mass is 389 g/mol. The normalized spacial score (nSPS) is 10.9. The molecule has 0 unspecified atom stereocenters. The van der Waals surface area contributed by atoms with Crippen molar-refractivity contribution >= 4 is 34.1 Å². The summed E-state index contributed by atoms with van der Waals surface area (Å²) in [6, 6.07) is 20.1. The number of aromatic nitrogens is 2. The van der Waals surface area contributed by atoms with Crippen LogP contribution in [-0.4, -0.2) is 21.9 Å². The van der Waals surface area contributed by atoms with Crippen LogP contribution in [0.2, 0.25) is 0 Å². The van der Waals surface area contributed by atoms with Gasteiger partial charge in [-0.2, -0.15) is 0 Å². The lowest BCUT2D eigenvalue weighted by molar-refractivity contribution is -0.113. The number of carbonyl (C=O) groups excluding carboxylic acids is 1. The zero-order valence-corrected chi connectivity index (χ0v) is 16.4. The lowest BCUT2D eigenvalue weighted by atomic mass is 10.1. The Hall–Kier alpha value is -3.12. The molecule has 4 aromatic rings. The van der Waals surface area contributed by atoms with Crippen molar-refractivity contribution in [3.63, 3.8) is 0 Å². The molecule has 0 saturated carbocycles. The Morgan fingerprint density at radius 1 is 1.00 bits per heavy atom. The molecule has 0 radical (unpaired) electrons. The van der Waals surface area contributed by atoms with Crippen LogP contribution in [0.1, 0.15) is 11.1 Å². The Bertz CT molecular complexity index is 1150. The van der Waals surface area contributed by atoms with E-state index in [1.54, 1.807) is 0 Å². The molecule has 0 fully saturated rings. The summed E-state index contributed by atoms with van der Waals surface area (Å²) in [5.74, 6) is 0.541. The molecule has 1 heterocycles. The van der Waals surface area contributed by atoms with Crippen LogP contribution in [0.4, 0.5) is 5.69 Å². The van der Waals surface area contributed by atoms with Crippen LogP contribution in [0.5, 0.6) is 0 Å². The number of carbonyl (C=O) groups is 1. The van der Waals surface area contributed by atoms with Crippen LogP contribution in [0, 0.1) is 13.8 Å². The van der Waals surface area contributed by atoms with Crippen LogP contribution in [-0.2, 0) is 4.79 Å². The number of nitrogens with one attached hydrogen (secondary N) is 1. The van der Waals surface area contributed by atoms with E-state index in [2.05, 4.69) is 21.6 Å². The molecule has 1 N–H and O–H groups in total. The highest BCUT2D eigenvalue weighted by atomic mass is 32.2. The fourth-order valence-electron chi connectivity index (χ4n) is 2.89. The van der Waals surface area contributed by atoms with E-state index in [1.165, 1.54) is 11.8 Å². The molecule has 1 aromatic heterocycles. The van der Waals surface area contributed by atoms with Gasteiger partial charge >= 0.3 is 0 Å². The molecule has 0 bridgehead atoms. The number of aryl methyl sites for hydroxylation is 2. The number of thioether (sulfide) groups is 1. The highest BCUT2D eigenvalue weighted by Gasteiger charge is 2.12. The first-order valence-corrected chi connectivity index (χ1v) is 9.89. The molecule has 0 spiro atoms. The topological polar surface area (TPSA) is 68.0 Å². The summed E-state index contributed by atoms with van der Waals surface area (Å²) < 4.78 is 5.72. The van der Waals surface area contributed by atoms with Crippen molar-refractivity contribution in [2.24, 2.45) is 0 Å². The predicted molar refractivity (Wildman–Crippen MR) is 113 cm³/mol. The summed E-state index contributed by atoms with van der Waals surface area (Å²) >= 11 is 1.22. The van der Waals surface area contributed by atoms with E-state index < -0.39 is 0 Å². The fraction of sp³-hybridized carbons (Fsp3) is 0.136. The van der Waals surface area contributed by atoms with Gasteiger partial charge in [-0.3, -0.25) is 4.79 Å². The van der Waals surface area contributed by atoms with Crippen LogP contribution in [0.25, 0.3) is 22.2 Å². The Balaban J connectivity index is 1.41. The lowest BCUT2D eigenvalue weighted by Crippen LogP contribution is -2.14. The third kappa shape index (κ3) is 4.07. The van der Waals surface area contributed by atoms with Crippen molar-refractivity contribution in [1.29, 1.82) is 0 Å². The number of amides is 1. The minimum Gasteiger partial charge on any atom is -0.411 e. The minimum atomic E-state index is -0.107. The zero-order valence-electron chi connectivity index (χ0n) is 15.6. The fourth-order valence-corrected chi connectivity index (χ4v) is 3.45. The van der Waals surface area contributed by atoms with Crippen LogP contribution in [0.3, 0.4) is 0 Å². The summed E-state index contributed by atoms with van der Waals surface area (Å²) in [4.78, 5) is 12.3. The van der Waals surface area contributed by atoms with E-state index in [0.717, 1.165) is 33.2 Å². The van der Waals surface area contributed by atoms with Crippen LogP contribution >= 0.6 is 11.8 Å². The van der Waals surface area contributed by atoms with Crippen LogP contribution in [0.15, 0.2) is 70.3 Å². The Morgan fingerprint density at radius 2 is 1.82 bits per heavy atom. The highest BCUT2D eigenvalue weighted by Crippen LogP contribution is 2.26. The van der Waals surface area contributed by atoms with Gasteiger partial charge in [0.25, 0.3) is 5.22 Å². The van der Waals surface area contributed by atoms with Crippen molar-refractivity contribution in [2.75, 3.05) is 11.1 Å². The SMILES string of the molecule is Cc1ccc(C)c(NC(=O)CSc2nnc(-c3ccc4ccccc4c3)o2)c1. The molecule has 6 heteroatoms. The molecule has 3 aromatic carbocycles. The van der Waals surface area contributed by atoms with Crippen molar-refractivity contribution in [3.8, 4) is 11.5 Å². The smallest absolute Gasteiger partial charge is 0.277 e. The zero-order chi connectivity index (χ0) is 19.5. The van der Waals surface area contributed by atoms with Crippen molar-refractivity contribution in [3.05, 3.63) is 71.8 Å². The second kappa shape index (κ2) is 7.86. The van der Waals surface area contributed by atoms with Gasteiger partial charge in [0.2, 0.25) is 11.8 Å². The molecule has 0 aliphatic heterocycles. The quantitative estimate of drug-likeness (QED) is 0.473. The molecule has 4 rings (SSSR count). The minimum absolute atomic E-state index is 0.107. The average Bonchev–Trinajstić information content (AvgIpc) is 3.18. The number of anilines is 1. The summed E-state index contributed by atoms with van der Waals surface area (Å²) in [6.45, 7) is 3.96. The largest absolute Gasteiger partial charge is 0.411 e. The second-order valence-corrected chi connectivity index (χ2v) is 7.52. The number of hydrogen-bond acceptors (Lipinski definition) is 5. The first kappa shape index (κ1) is 18.3. The molecule has 0 saturated heterocycles.